The Hall–Kier alpha value is -2.53. The zero-order valence-electron chi connectivity index (χ0n) is 12.6. The Morgan fingerprint density at radius 3 is 3.09 bits per heavy atom. The minimum atomic E-state index is -0.393. The SMILES string of the molecule is O=c1cc(CN2CCc3ncccc3C2)[nH]c2ccc(F)cc12. The van der Waals surface area contributed by atoms with Gasteiger partial charge in [-0.1, -0.05) is 6.07 Å². The van der Waals surface area contributed by atoms with Crippen LogP contribution in [0.3, 0.4) is 0 Å². The van der Waals surface area contributed by atoms with E-state index < -0.39 is 5.82 Å². The molecule has 0 aliphatic carbocycles. The molecule has 0 saturated carbocycles. The molecular weight excluding hydrogens is 293 g/mol. The maximum atomic E-state index is 13.3. The zero-order chi connectivity index (χ0) is 15.8. The third kappa shape index (κ3) is 2.75. The van der Waals surface area contributed by atoms with E-state index in [1.165, 1.54) is 17.7 Å². The molecule has 1 aliphatic heterocycles. The molecule has 3 aromatic rings. The summed E-state index contributed by atoms with van der Waals surface area (Å²) in [5.74, 6) is -0.393. The third-order valence-corrected chi connectivity index (χ3v) is 4.28. The van der Waals surface area contributed by atoms with Gasteiger partial charge in [0.05, 0.1) is 0 Å². The van der Waals surface area contributed by atoms with E-state index in [4.69, 9.17) is 0 Å². The van der Waals surface area contributed by atoms with Gasteiger partial charge in [0.2, 0.25) is 0 Å². The summed E-state index contributed by atoms with van der Waals surface area (Å²) in [7, 11) is 0. The van der Waals surface area contributed by atoms with Gasteiger partial charge in [-0.2, -0.15) is 0 Å². The van der Waals surface area contributed by atoms with Crippen molar-refractivity contribution in [2.24, 2.45) is 0 Å². The van der Waals surface area contributed by atoms with Gasteiger partial charge < -0.3 is 4.98 Å². The van der Waals surface area contributed by atoms with Crippen molar-refractivity contribution in [2.75, 3.05) is 6.54 Å². The Balaban J connectivity index is 1.61. The second-order valence-electron chi connectivity index (χ2n) is 5.92. The number of halogens is 1. The normalized spacial score (nSPS) is 14.8. The molecule has 0 bridgehead atoms. The van der Waals surface area contributed by atoms with Gasteiger partial charge >= 0.3 is 0 Å². The van der Waals surface area contributed by atoms with Crippen molar-refractivity contribution < 1.29 is 4.39 Å². The number of H-pyrrole nitrogens is 1. The van der Waals surface area contributed by atoms with Crippen LogP contribution in [-0.2, 0) is 19.5 Å². The van der Waals surface area contributed by atoms with Gasteiger partial charge in [0.1, 0.15) is 5.82 Å². The lowest BCUT2D eigenvalue weighted by atomic mass is 10.1. The van der Waals surface area contributed by atoms with Crippen LogP contribution >= 0.6 is 0 Å². The van der Waals surface area contributed by atoms with Gasteiger partial charge in [-0.25, -0.2) is 4.39 Å². The van der Waals surface area contributed by atoms with Crippen LogP contribution in [0.15, 0.2) is 47.4 Å². The Bertz CT molecular complexity index is 935. The number of nitrogens with one attached hydrogen (secondary N) is 1. The van der Waals surface area contributed by atoms with Crippen molar-refractivity contribution in [1.29, 1.82) is 0 Å². The monoisotopic (exact) mass is 309 g/mol. The van der Waals surface area contributed by atoms with E-state index in [1.807, 2.05) is 12.3 Å². The summed E-state index contributed by atoms with van der Waals surface area (Å²) in [5.41, 5.74) is 3.77. The highest BCUT2D eigenvalue weighted by Gasteiger charge is 2.17. The van der Waals surface area contributed by atoms with Crippen molar-refractivity contribution in [3.05, 3.63) is 75.6 Å². The number of hydrogen-bond donors (Lipinski definition) is 1. The van der Waals surface area contributed by atoms with Crippen molar-refractivity contribution in [3.63, 3.8) is 0 Å². The van der Waals surface area contributed by atoms with Crippen LogP contribution in [0.25, 0.3) is 10.9 Å². The highest BCUT2D eigenvalue weighted by atomic mass is 19.1. The molecule has 0 atom stereocenters. The number of hydrogen-bond acceptors (Lipinski definition) is 3. The molecule has 0 amide bonds. The summed E-state index contributed by atoms with van der Waals surface area (Å²) in [6.07, 6.45) is 2.74. The quantitative estimate of drug-likeness (QED) is 0.791. The molecule has 0 unspecified atom stereocenters. The summed E-state index contributed by atoms with van der Waals surface area (Å²) < 4.78 is 13.3. The molecule has 4 rings (SSSR count). The molecule has 4 nitrogen and oxygen atoms in total. The van der Waals surface area contributed by atoms with Crippen molar-refractivity contribution in [3.8, 4) is 0 Å². The maximum absolute atomic E-state index is 13.3. The molecule has 0 spiro atoms. The minimum Gasteiger partial charge on any atom is -0.357 e. The van der Waals surface area contributed by atoms with Crippen LogP contribution in [0.4, 0.5) is 4.39 Å². The third-order valence-electron chi connectivity index (χ3n) is 4.28. The first-order valence-electron chi connectivity index (χ1n) is 7.65. The predicted octanol–water partition coefficient (Wildman–Crippen LogP) is 2.62. The van der Waals surface area contributed by atoms with Crippen LogP contribution < -0.4 is 5.43 Å². The predicted molar refractivity (Wildman–Crippen MR) is 86.6 cm³/mol. The van der Waals surface area contributed by atoms with E-state index in [1.54, 1.807) is 12.1 Å². The van der Waals surface area contributed by atoms with E-state index in [-0.39, 0.29) is 5.43 Å². The number of nitrogens with zero attached hydrogens (tertiary/aromatic N) is 2. The van der Waals surface area contributed by atoms with Crippen molar-refractivity contribution in [1.82, 2.24) is 14.9 Å². The molecule has 0 saturated heterocycles. The smallest absolute Gasteiger partial charge is 0.189 e. The van der Waals surface area contributed by atoms with E-state index in [0.717, 1.165) is 30.9 Å². The first-order chi connectivity index (χ1) is 11.2. The van der Waals surface area contributed by atoms with E-state index in [0.29, 0.717) is 17.4 Å². The second-order valence-corrected chi connectivity index (χ2v) is 5.92. The number of rotatable bonds is 2. The second kappa shape index (κ2) is 5.59. The lowest BCUT2D eigenvalue weighted by Gasteiger charge is -2.27. The number of pyridine rings is 2. The molecule has 1 aliphatic rings. The maximum Gasteiger partial charge on any atom is 0.189 e. The fourth-order valence-electron chi connectivity index (χ4n) is 3.16. The summed E-state index contributed by atoms with van der Waals surface area (Å²) in [6, 6.07) is 9.88. The molecule has 3 heterocycles. The Morgan fingerprint density at radius 1 is 1.26 bits per heavy atom. The van der Waals surface area contributed by atoms with Crippen LogP contribution in [0.5, 0.6) is 0 Å². The van der Waals surface area contributed by atoms with Crippen LogP contribution in [0, 0.1) is 5.82 Å². The average Bonchev–Trinajstić information content (AvgIpc) is 2.55. The molecule has 0 fully saturated rings. The van der Waals surface area contributed by atoms with E-state index in [2.05, 4.69) is 20.9 Å². The van der Waals surface area contributed by atoms with Gasteiger partial charge in [-0.15, -0.1) is 0 Å². The Morgan fingerprint density at radius 2 is 2.17 bits per heavy atom. The van der Waals surface area contributed by atoms with Gasteiger partial charge in [-0.05, 0) is 29.8 Å². The lowest BCUT2D eigenvalue weighted by Crippen LogP contribution is -2.31. The molecule has 116 valence electrons. The molecular formula is C18H16FN3O. The van der Waals surface area contributed by atoms with Crippen molar-refractivity contribution in [2.45, 2.75) is 19.5 Å². The fraction of sp³-hybridized carbons (Fsp3) is 0.222. The molecule has 2 aromatic heterocycles. The van der Waals surface area contributed by atoms with E-state index in [9.17, 15) is 9.18 Å². The largest absolute Gasteiger partial charge is 0.357 e. The van der Waals surface area contributed by atoms with E-state index >= 15 is 0 Å². The molecule has 23 heavy (non-hydrogen) atoms. The molecule has 1 N–H and O–H groups in total. The topological polar surface area (TPSA) is 49.0 Å². The fourth-order valence-corrected chi connectivity index (χ4v) is 3.16. The average molecular weight is 309 g/mol. The minimum absolute atomic E-state index is 0.146. The number of benzene rings is 1. The molecule has 1 aromatic carbocycles. The van der Waals surface area contributed by atoms with Gasteiger partial charge in [0, 0.05) is 60.6 Å². The highest BCUT2D eigenvalue weighted by Crippen LogP contribution is 2.18. The van der Waals surface area contributed by atoms with Gasteiger partial charge in [-0.3, -0.25) is 14.7 Å². The standard InChI is InChI=1S/C18H16FN3O/c19-13-3-4-17-15(8-13)18(23)9-14(21-17)11-22-7-5-16-12(10-22)2-1-6-20-16/h1-4,6,8-9H,5,7,10-11H2,(H,21,23). The first-order valence-corrected chi connectivity index (χ1v) is 7.65. The van der Waals surface area contributed by atoms with Crippen molar-refractivity contribution >= 4 is 10.9 Å². The molecule has 5 heteroatoms. The van der Waals surface area contributed by atoms with Crippen LogP contribution in [0.2, 0.25) is 0 Å². The number of aromatic amines is 1. The Kier molecular flexibility index (Phi) is 3.42. The summed E-state index contributed by atoms with van der Waals surface area (Å²) in [6.45, 7) is 2.40. The lowest BCUT2D eigenvalue weighted by molar-refractivity contribution is 0.241. The first kappa shape index (κ1) is 14.1. The van der Waals surface area contributed by atoms with Gasteiger partial charge in [0.15, 0.2) is 5.43 Å². The summed E-state index contributed by atoms with van der Waals surface area (Å²) in [4.78, 5) is 22.1. The highest BCUT2D eigenvalue weighted by molar-refractivity contribution is 5.78. The number of fused-ring (bicyclic) bond motifs is 2. The van der Waals surface area contributed by atoms with Crippen LogP contribution in [-0.4, -0.2) is 21.4 Å². The summed E-state index contributed by atoms with van der Waals surface area (Å²) in [5, 5.41) is 0.391. The molecule has 0 radical (unpaired) electrons. The Labute approximate surface area is 132 Å². The van der Waals surface area contributed by atoms with Crippen LogP contribution in [0.1, 0.15) is 17.0 Å². The number of aromatic nitrogens is 2. The summed E-state index contributed by atoms with van der Waals surface area (Å²) >= 11 is 0. The van der Waals surface area contributed by atoms with Gasteiger partial charge in [0.25, 0.3) is 0 Å². The zero-order valence-corrected chi connectivity index (χ0v) is 12.6.